The molecular weight excluding hydrogens is 352 g/mol. The topological polar surface area (TPSA) is 49.4 Å². The quantitative estimate of drug-likeness (QED) is 0.663. The fourth-order valence-corrected chi connectivity index (χ4v) is 2.83. The zero-order valence-corrected chi connectivity index (χ0v) is 13.4. The summed E-state index contributed by atoms with van der Waals surface area (Å²) in [7, 11) is 0. The van der Waals surface area contributed by atoms with E-state index < -0.39 is 35.3 Å². The predicted octanol–water partition coefficient (Wildman–Crippen LogP) is 3.84. The molecule has 0 aliphatic carbocycles. The average Bonchev–Trinajstić information content (AvgIpc) is 2.96. The summed E-state index contributed by atoms with van der Waals surface area (Å²) in [4.78, 5) is 26.0. The first-order valence-electron chi connectivity index (χ1n) is 7.81. The highest BCUT2D eigenvalue weighted by molar-refractivity contribution is 6.13. The van der Waals surface area contributed by atoms with Gasteiger partial charge in [-0.25, -0.2) is 4.39 Å². The number of anilines is 2. The first-order chi connectivity index (χ1) is 12.3. The van der Waals surface area contributed by atoms with E-state index in [0.29, 0.717) is 5.69 Å². The fraction of sp³-hybridized carbons (Fsp3) is 0.222. The van der Waals surface area contributed by atoms with E-state index in [1.807, 2.05) is 0 Å². The number of halogens is 4. The van der Waals surface area contributed by atoms with Gasteiger partial charge < -0.3 is 10.2 Å². The highest BCUT2D eigenvalue weighted by Gasteiger charge is 2.38. The fourth-order valence-electron chi connectivity index (χ4n) is 2.83. The van der Waals surface area contributed by atoms with Crippen LogP contribution in [0.3, 0.4) is 0 Å². The average molecular weight is 366 g/mol. The van der Waals surface area contributed by atoms with Crippen LogP contribution in [-0.4, -0.2) is 18.4 Å². The van der Waals surface area contributed by atoms with Crippen molar-refractivity contribution in [1.29, 1.82) is 0 Å². The van der Waals surface area contributed by atoms with Gasteiger partial charge in [0.2, 0.25) is 11.8 Å². The van der Waals surface area contributed by atoms with E-state index in [4.69, 9.17) is 0 Å². The van der Waals surface area contributed by atoms with Crippen molar-refractivity contribution in [3.63, 3.8) is 0 Å². The molecule has 1 saturated heterocycles. The Labute approximate surface area is 146 Å². The molecule has 1 fully saturated rings. The molecule has 0 aromatic heterocycles. The van der Waals surface area contributed by atoms with E-state index in [2.05, 4.69) is 5.32 Å². The standard InChI is InChI=1S/C18H14F4N2O2/c19-12-4-2-6-14(10-12)24-8-7-15(17(24)26)16(25)23-13-5-1-3-11(9-13)18(20,21)22/h1-6,9-10,15H,7-8H2,(H,23,25)/t15-/m1/s1. The highest BCUT2D eigenvalue weighted by Crippen LogP contribution is 2.31. The van der Waals surface area contributed by atoms with Crippen LogP contribution in [0.1, 0.15) is 12.0 Å². The van der Waals surface area contributed by atoms with Crippen LogP contribution in [0.2, 0.25) is 0 Å². The van der Waals surface area contributed by atoms with Gasteiger partial charge in [-0.1, -0.05) is 12.1 Å². The van der Waals surface area contributed by atoms with Crippen molar-refractivity contribution >= 4 is 23.2 Å². The molecule has 2 amide bonds. The highest BCUT2D eigenvalue weighted by atomic mass is 19.4. The lowest BCUT2D eigenvalue weighted by Crippen LogP contribution is -2.33. The summed E-state index contributed by atoms with van der Waals surface area (Å²) in [6, 6.07) is 9.61. The summed E-state index contributed by atoms with van der Waals surface area (Å²) < 4.78 is 51.5. The Hall–Kier alpha value is -2.90. The first-order valence-corrected chi connectivity index (χ1v) is 7.81. The number of nitrogens with one attached hydrogen (secondary N) is 1. The number of carbonyl (C=O) groups is 2. The summed E-state index contributed by atoms with van der Waals surface area (Å²) in [6.45, 7) is 0.225. The number of hydrogen-bond acceptors (Lipinski definition) is 2. The summed E-state index contributed by atoms with van der Waals surface area (Å²) in [6.07, 6.45) is -4.34. The number of carbonyl (C=O) groups excluding carboxylic acids is 2. The Morgan fingerprint density at radius 1 is 1.12 bits per heavy atom. The third kappa shape index (κ3) is 3.68. The molecular formula is C18H14F4N2O2. The summed E-state index contributed by atoms with van der Waals surface area (Å²) in [5, 5.41) is 2.35. The Kier molecular flexibility index (Phi) is 4.67. The van der Waals surface area contributed by atoms with Gasteiger partial charge in [0, 0.05) is 17.9 Å². The van der Waals surface area contributed by atoms with Gasteiger partial charge in [0.15, 0.2) is 0 Å². The SMILES string of the molecule is O=C(Nc1cccc(C(F)(F)F)c1)[C@H]1CCN(c2cccc(F)c2)C1=O. The summed E-state index contributed by atoms with van der Waals surface area (Å²) in [5.74, 6) is -2.74. The third-order valence-electron chi connectivity index (χ3n) is 4.10. The minimum Gasteiger partial charge on any atom is -0.325 e. The molecule has 2 aromatic carbocycles. The third-order valence-corrected chi connectivity index (χ3v) is 4.10. The van der Waals surface area contributed by atoms with Crippen LogP contribution in [0.4, 0.5) is 28.9 Å². The number of amides is 2. The van der Waals surface area contributed by atoms with E-state index in [9.17, 15) is 27.2 Å². The number of rotatable bonds is 3. The van der Waals surface area contributed by atoms with Crippen molar-refractivity contribution < 1.29 is 27.2 Å². The Balaban J connectivity index is 1.72. The molecule has 1 atom stereocenters. The minimum absolute atomic E-state index is 0.0400. The number of alkyl halides is 3. The van der Waals surface area contributed by atoms with E-state index in [1.165, 1.54) is 35.2 Å². The van der Waals surface area contributed by atoms with E-state index in [1.54, 1.807) is 6.07 Å². The van der Waals surface area contributed by atoms with Gasteiger partial charge in [-0.15, -0.1) is 0 Å². The lowest BCUT2D eigenvalue weighted by Gasteiger charge is -2.17. The van der Waals surface area contributed by atoms with Crippen molar-refractivity contribution in [1.82, 2.24) is 0 Å². The minimum atomic E-state index is -4.53. The molecule has 1 aliphatic rings. The van der Waals surface area contributed by atoms with Crippen molar-refractivity contribution in [3.05, 3.63) is 59.9 Å². The predicted molar refractivity (Wildman–Crippen MR) is 86.9 cm³/mol. The smallest absolute Gasteiger partial charge is 0.325 e. The normalized spacial score (nSPS) is 17.5. The monoisotopic (exact) mass is 366 g/mol. The van der Waals surface area contributed by atoms with Gasteiger partial charge >= 0.3 is 6.18 Å². The zero-order chi connectivity index (χ0) is 18.9. The molecule has 3 rings (SSSR count). The maximum Gasteiger partial charge on any atom is 0.416 e. The molecule has 136 valence electrons. The van der Waals surface area contributed by atoms with Crippen molar-refractivity contribution in [2.75, 3.05) is 16.8 Å². The molecule has 26 heavy (non-hydrogen) atoms. The van der Waals surface area contributed by atoms with Gasteiger partial charge in [0.25, 0.3) is 0 Å². The van der Waals surface area contributed by atoms with Crippen LogP contribution in [0.5, 0.6) is 0 Å². The van der Waals surface area contributed by atoms with Gasteiger partial charge in [-0.3, -0.25) is 9.59 Å². The molecule has 0 unspecified atom stereocenters. The second kappa shape index (κ2) is 6.78. The second-order valence-corrected chi connectivity index (χ2v) is 5.88. The largest absolute Gasteiger partial charge is 0.416 e. The number of nitrogens with zero attached hydrogens (tertiary/aromatic N) is 1. The molecule has 2 aromatic rings. The Morgan fingerprint density at radius 3 is 2.54 bits per heavy atom. The number of hydrogen-bond donors (Lipinski definition) is 1. The lowest BCUT2D eigenvalue weighted by molar-refractivity contribution is -0.137. The molecule has 0 spiro atoms. The Morgan fingerprint density at radius 2 is 1.85 bits per heavy atom. The van der Waals surface area contributed by atoms with Gasteiger partial charge in [-0.2, -0.15) is 13.2 Å². The molecule has 1 N–H and O–H groups in total. The van der Waals surface area contributed by atoms with Gasteiger partial charge in [0.05, 0.1) is 5.56 Å². The van der Waals surface area contributed by atoms with Crippen LogP contribution in [-0.2, 0) is 15.8 Å². The molecule has 0 radical (unpaired) electrons. The Bertz CT molecular complexity index is 851. The van der Waals surface area contributed by atoms with E-state index >= 15 is 0 Å². The van der Waals surface area contributed by atoms with Gasteiger partial charge in [-0.05, 0) is 42.8 Å². The van der Waals surface area contributed by atoms with Crippen molar-refractivity contribution in [2.24, 2.45) is 5.92 Å². The van der Waals surface area contributed by atoms with Crippen LogP contribution >= 0.6 is 0 Å². The van der Waals surface area contributed by atoms with Crippen molar-refractivity contribution in [3.8, 4) is 0 Å². The summed E-state index contributed by atoms with van der Waals surface area (Å²) >= 11 is 0. The van der Waals surface area contributed by atoms with Crippen LogP contribution < -0.4 is 10.2 Å². The molecule has 1 aliphatic heterocycles. The zero-order valence-electron chi connectivity index (χ0n) is 13.4. The molecule has 1 heterocycles. The van der Waals surface area contributed by atoms with Crippen LogP contribution in [0.25, 0.3) is 0 Å². The molecule has 8 heteroatoms. The maximum atomic E-state index is 13.3. The van der Waals surface area contributed by atoms with Gasteiger partial charge in [0.1, 0.15) is 11.7 Å². The summed E-state index contributed by atoms with van der Waals surface area (Å²) in [5.41, 5.74) is -0.597. The molecule has 0 bridgehead atoms. The maximum absolute atomic E-state index is 13.3. The first kappa shape index (κ1) is 17.9. The number of benzene rings is 2. The van der Waals surface area contributed by atoms with Crippen molar-refractivity contribution in [2.45, 2.75) is 12.6 Å². The lowest BCUT2D eigenvalue weighted by atomic mass is 10.1. The second-order valence-electron chi connectivity index (χ2n) is 5.88. The van der Waals surface area contributed by atoms with E-state index in [0.717, 1.165) is 12.1 Å². The van der Waals surface area contributed by atoms with E-state index in [-0.39, 0.29) is 18.7 Å². The molecule has 0 saturated carbocycles. The van der Waals surface area contributed by atoms with Crippen LogP contribution in [0.15, 0.2) is 48.5 Å². The molecule has 4 nitrogen and oxygen atoms in total. The van der Waals surface area contributed by atoms with Crippen LogP contribution in [0, 0.1) is 11.7 Å².